The highest BCUT2D eigenvalue weighted by Crippen LogP contribution is 2.29. The maximum atomic E-state index is 11.5. The van der Waals surface area contributed by atoms with Crippen LogP contribution in [0.5, 0.6) is 5.75 Å². The largest absolute Gasteiger partial charge is 0.755 e. The van der Waals surface area contributed by atoms with E-state index in [2.05, 4.69) is 13.8 Å². The zero-order chi connectivity index (χ0) is 16.1. The lowest BCUT2D eigenvalue weighted by atomic mass is 9.98. The molecule has 0 heterocycles. The maximum absolute atomic E-state index is 11.5. The minimum Gasteiger partial charge on any atom is -0.755 e. The molecule has 0 aliphatic rings. The highest BCUT2D eigenvalue weighted by molar-refractivity contribution is 7.80. The normalized spacial score (nSPS) is 13.6. The van der Waals surface area contributed by atoms with Gasteiger partial charge in [0.1, 0.15) is 5.75 Å². The molecule has 2 atom stereocenters. The van der Waals surface area contributed by atoms with E-state index in [9.17, 15) is 13.9 Å². The van der Waals surface area contributed by atoms with E-state index in [0.29, 0.717) is 5.92 Å². The van der Waals surface area contributed by atoms with E-state index >= 15 is 0 Å². The molecule has 4 nitrogen and oxygen atoms in total. The Morgan fingerprint density at radius 3 is 2.36 bits per heavy atom. The quantitative estimate of drug-likeness (QED) is 0.826. The molecule has 0 amide bonds. The first-order valence-electron chi connectivity index (χ1n) is 7.26. The molecule has 0 aliphatic heterocycles. The van der Waals surface area contributed by atoms with E-state index < -0.39 is 11.3 Å². The summed E-state index contributed by atoms with van der Waals surface area (Å²) < 4.78 is 24.1. The van der Waals surface area contributed by atoms with Gasteiger partial charge >= 0.3 is 0 Å². The molecule has 0 aromatic heterocycles. The standard InChI is InChI=1S/C17H21NO3S/c1-3-13(2)15-10-8-14(9-11-15)12-18(22(20)21)16-6-4-5-7-17(16)19/h4-11,13,19H,3,12H2,1-2H3,(H,20,21)/p-1. The lowest BCUT2D eigenvalue weighted by Gasteiger charge is -2.27. The minimum absolute atomic E-state index is 0.0528. The fraction of sp³-hybridized carbons (Fsp3) is 0.294. The van der Waals surface area contributed by atoms with Gasteiger partial charge in [0.15, 0.2) is 0 Å². The molecule has 0 radical (unpaired) electrons. The van der Waals surface area contributed by atoms with Gasteiger partial charge in [-0.25, -0.2) is 0 Å². The second kappa shape index (κ2) is 7.42. The van der Waals surface area contributed by atoms with Gasteiger partial charge in [0.05, 0.1) is 12.2 Å². The molecule has 2 aromatic rings. The molecule has 2 unspecified atom stereocenters. The fourth-order valence-corrected chi connectivity index (χ4v) is 2.82. The van der Waals surface area contributed by atoms with Crippen LogP contribution < -0.4 is 4.31 Å². The van der Waals surface area contributed by atoms with E-state index in [-0.39, 0.29) is 18.0 Å². The van der Waals surface area contributed by atoms with Crippen LogP contribution in [0.25, 0.3) is 0 Å². The predicted molar refractivity (Wildman–Crippen MR) is 88.4 cm³/mol. The lowest BCUT2D eigenvalue weighted by molar-refractivity contribution is 0.474. The summed E-state index contributed by atoms with van der Waals surface area (Å²) in [5, 5.41) is 9.84. The summed E-state index contributed by atoms with van der Waals surface area (Å²) in [5.41, 5.74) is 2.39. The van der Waals surface area contributed by atoms with Crippen LogP contribution in [-0.2, 0) is 17.8 Å². The van der Waals surface area contributed by atoms with Crippen molar-refractivity contribution in [1.82, 2.24) is 0 Å². The molecule has 118 valence electrons. The van der Waals surface area contributed by atoms with Crippen LogP contribution in [0.4, 0.5) is 5.69 Å². The summed E-state index contributed by atoms with van der Waals surface area (Å²) in [4.78, 5) is 0. The Balaban J connectivity index is 2.22. The van der Waals surface area contributed by atoms with Crippen LogP contribution in [0.2, 0.25) is 0 Å². The second-order valence-corrected chi connectivity index (χ2v) is 6.17. The number of nitrogens with zero attached hydrogens (tertiary/aromatic N) is 1. The van der Waals surface area contributed by atoms with Gasteiger partial charge < -0.3 is 9.66 Å². The number of anilines is 1. The molecule has 22 heavy (non-hydrogen) atoms. The first kappa shape index (κ1) is 16.5. The molecular weight excluding hydrogens is 298 g/mol. The third-order valence-corrected chi connectivity index (χ3v) is 4.50. The number of rotatable bonds is 6. The van der Waals surface area contributed by atoms with Gasteiger partial charge in [0, 0.05) is 11.3 Å². The minimum atomic E-state index is -2.46. The van der Waals surface area contributed by atoms with Crippen LogP contribution in [0.15, 0.2) is 48.5 Å². The van der Waals surface area contributed by atoms with Gasteiger partial charge in [-0.1, -0.05) is 50.2 Å². The zero-order valence-corrected chi connectivity index (χ0v) is 13.5. The van der Waals surface area contributed by atoms with Crippen molar-refractivity contribution in [3.05, 3.63) is 59.7 Å². The van der Waals surface area contributed by atoms with Crippen molar-refractivity contribution < 1.29 is 13.9 Å². The van der Waals surface area contributed by atoms with Crippen molar-refractivity contribution in [1.29, 1.82) is 0 Å². The summed E-state index contributed by atoms with van der Waals surface area (Å²) in [6, 6.07) is 14.3. The van der Waals surface area contributed by atoms with E-state index in [1.807, 2.05) is 24.3 Å². The Labute approximate surface area is 133 Å². The van der Waals surface area contributed by atoms with Crippen molar-refractivity contribution >= 4 is 17.0 Å². The van der Waals surface area contributed by atoms with Gasteiger partial charge in [-0.2, -0.15) is 0 Å². The van der Waals surface area contributed by atoms with Crippen molar-refractivity contribution in [2.45, 2.75) is 32.7 Å². The highest BCUT2D eigenvalue weighted by atomic mass is 32.2. The zero-order valence-electron chi connectivity index (χ0n) is 12.7. The third-order valence-electron chi connectivity index (χ3n) is 3.82. The molecule has 0 bridgehead atoms. The summed E-state index contributed by atoms with van der Waals surface area (Å²) in [7, 11) is 0. The monoisotopic (exact) mass is 318 g/mol. The van der Waals surface area contributed by atoms with Crippen LogP contribution in [0.1, 0.15) is 37.3 Å². The van der Waals surface area contributed by atoms with Crippen molar-refractivity contribution in [2.75, 3.05) is 4.31 Å². The van der Waals surface area contributed by atoms with Crippen molar-refractivity contribution in [3.8, 4) is 5.75 Å². The number of hydrogen-bond donors (Lipinski definition) is 1. The predicted octanol–water partition coefficient (Wildman–Crippen LogP) is 3.71. The summed E-state index contributed by atoms with van der Waals surface area (Å²) in [5.74, 6) is 0.430. The molecule has 2 rings (SSSR count). The Morgan fingerprint density at radius 2 is 1.82 bits per heavy atom. The van der Waals surface area contributed by atoms with E-state index in [0.717, 1.165) is 16.3 Å². The number of benzene rings is 2. The SMILES string of the molecule is CCC(C)c1ccc(CN(c2ccccc2O)S(=O)[O-])cc1. The topological polar surface area (TPSA) is 63.6 Å². The van der Waals surface area contributed by atoms with Gasteiger partial charge in [0.2, 0.25) is 0 Å². The summed E-state index contributed by atoms with van der Waals surface area (Å²) in [6.07, 6.45) is 1.06. The van der Waals surface area contributed by atoms with Crippen LogP contribution in [0.3, 0.4) is 0 Å². The smallest absolute Gasteiger partial charge is 0.139 e. The number of para-hydroxylation sites is 2. The van der Waals surface area contributed by atoms with Crippen LogP contribution in [-0.4, -0.2) is 13.9 Å². The summed E-state index contributed by atoms with van der Waals surface area (Å²) in [6.45, 7) is 4.49. The average Bonchev–Trinajstić information content (AvgIpc) is 2.53. The molecule has 2 aromatic carbocycles. The Kier molecular flexibility index (Phi) is 5.57. The average molecular weight is 318 g/mol. The molecule has 0 spiro atoms. The Hall–Kier alpha value is -1.85. The fourth-order valence-electron chi connectivity index (χ4n) is 2.25. The number of aromatic hydroxyl groups is 1. The van der Waals surface area contributed by atoms with E-state index in [4.69, 9.17) is 0 Å². The molecular formula is C17H20NO3S-. The highest BCUT2D eigenvalue weighted by Gasteiger charge is 2.12. The Morgan fingerprint density at radius 1 is 1.18 bits per heavy atom. The van der Waals surface area contributed by atoms with Gasteiger partial charge in [-0.3, -0.25) is 8.51 Å². The number of phenols is 1. The van der Waals surface area contributed by atoms with Crippen molar-refractivity contribution in [2.24, 2.45) is 0 Å². The van der Waals surface area contributed by atoms with E-state index in [1.54, 1.807) is 18.2 Å². The van der Waals surface area contributed by atoms with Gasteiger partial charge in [-0.15, -0.1) is 0 Å². The maximum Gasteiger partial charge on any atom is 0.139 e. The molecule has 0 aliphatic carbocycles. The first-order chi connectivity index (χ1) is 10.5. The van der Waals surface area contributed by atoms with Crippen molar-refractivity contribution in [3.63, 3.8) is 0 Å². The molecule has 0 saturated heterocycles. The van der Waals surface area contributed by atoms with Gasteiger partial charge in [0.25, 0.3) is 0 Å². The number of phenolic OH excluding ortho intramolecular Hbond substituents is 1. The third kappa shape index (κ3) is 3.87. The molecule has 1 N–H and O–H groups in total. The Bertz CT molecular complexity index is 643. The second-order valence-electron chi connectivity index (χ2n) is 5.29. The lowest BCUT2D eigenvalue weighted by Crippen LogP contribution is -2.24. The van der Waals surface area contributed by atoms with Crippen LogP contribution in [0, 0.1) is 0 Å². The molecule has 5 heteroatoms. The number of hydrogen-bond acceptors (Lipinski definition) is 3. The van der Waals surface area contributed by atoms with E-state index in [1.165, 1.54) is 11.6 Å². The molecule has 0 fully saturated rings. The molecule has 0 saturated carbocycles. The summed E-state index contributed by atoms with van der Waals surface area (Å²) >= 11 is -2.46. The van der Waals surface area contributed by atoms with Crippen LogP contribution >= 0.6 is 0 Å². The van der Waals surface area contributed by atoms with Gasteiger partial charge in [-0.05, 0) is 35.6 Å². The first-order valence-corrected chi connectivity index (χ1v) is 8.29.